The number of aliphatic hydroxyl groups is 1. The number of hydrogen-bond acceptors (Lipinski definition) is 1. The molecule has 0 bridgehead atoms. The van der Waals surface area contributed by atoms with E-state index in [2.05, 4.69) is 50.2 Å². The normalized spacial score (nSPS) is 12.9. The van der Waals surface area contributed by atoms with Crippen molar-refractivity contribution in [1.82, 2.24) is 0 Å². The van der Waals surface area contributed by atoms with Crippen LogP contribution in [0.2, 0.25) is 0 Å². The molecule has 0 radical (unpaired) electrons. The van der Waals surface area contributed by atoms with Gasteiger partial charge in [0.15, 0.2) is 0 Å². The van der Waals surface area contributed by atoms with E-state index in [1.165, 1.54) is 10.5 Å². The van der Waals surface area contributed by atoms with Crippen molar-refractivity contribution in [2.24, 2.45) is 0 Å². The molecule has 0 fully saturated rings. The molecular weight excluding hydrogens is 330 g/mol. The van der Waals surface area contributed by atoms with Gasteiger partial charge in [-0.05, 0) is 28.2 Å². The van der Waals surface area contributed by atoms with Gasteiger partial charge in [-0.25, -0.2) is 0 Å². The quantitative estimate of drug-likeness (QED) is 0.675. The highest BCUT2D eigenvalue weighted by atomic mass is 16.3. The fourth-order valence-electron chi connectivity index (χ4n) is 3.08. The standard InChI is InChI=1S/C25H25NO/c1-26(2)20-10-9-19-25(27,23-13-7-4-8-14-23)24-17-15-22(16-18-24)21-11-5-3-6-12-21/h3-8,11-18,27H,19-20H2,1-2H3/p+1/t25-/m1/s1. The van der Waals surface area contributed by atoms with Crippen molar-refractivity contribution in [2.45, 2.75) is 12.0 Å². The van der Waals surface area contributed by atoms with Gasteiger partial charge >= 0.3 is 0 Å². The second kappa shape index (κ2) is 8.68. The Balaban J connectivity index is 1.94. The fraction of sp³-hybridized carbons (Fsp3) is 0.200. The van der Waals surface area contributed by atoms with E-state index < -0.39 is 5.60 Å². The first-order valence-corrected chi connectivity index (χ1v) is 9.28. The average molecular weight is 356 g/mol. The number of hydrogen-bond donors (Lipinski definition) is 2. The molecule has 2 N–H and O–H groups in total. The SMILES string of the molecule is C[NH+](C)CC#CC[C@@](O)(c1ccccc1)c1ccc(-c2ccccc2)cc1. The molecule has 0 aliphatic heterocycles. The first-order valence-electron chi connectivity index (χ1n) is 9.28. The minimum Gasteiger partial charge on any atom is -0.379 e. The molecule has 0 aromatic heterocycles. The van der Waals surface area contributed by atoms with Crippen molar-refractivity contribution in [1.29, 1.82) is 0 Å². The van der Waals surface area contributed by atoms with E-state index in [4.69, 9.17) is 0 Å². The molecule has 0 saturated heterocycles. The Morgan fingerprint density at radius 2 is 1.22 bits per heavy atom. The van der Waals surface area contributed by atoms with Gasteiger partial charge in [0.05, 0.1) is 14.1 Å². The highest BCUT2D eigenvalue weighted by Crippen LogP contribution is 2.34. The van der Waals surface area contributed by atoms with Crippen molar-refractivity contribution < 1.29 is 10.0 Å². The smallest absolute Gasteiger partial charge is 0.138 e. The molecule has 0 aliphatic carbocycles. The molecule has 2 nitrogen and oxygen atoms in total. The van der Waals surface area contributed by atoms with Crippen molar-refractivity contribution in [3.63, 3.8) is 0 Å². The Morgan fingerprint density at radius 1 is 0.704 bits per heavy atom. The molecule has 1 atom stereocenters. The highest BCUT2D eigenvalue weighted by molar-refractivity contribution is 5.64. The van der Waals surface area contributed by atoms with Crippen LogP contribution in [0.4, 0.5) is 0 Å². The zero-order valence-corrected chi connectivity index (χ0v) is 15.9. The van der Waals surface area contributed by atoms with Crippen LogP contribution in [-0.2, 0) is 5.60 Å². The van der Waals surface area contributed by atoms with Crippen LogP contribution in [0, 0.1) is 11.8 Å². The van der Waals surface area contributed by atoms with Gasteiger partial charge in [0.2, 0.25) is 0 Å². The van der Waals surface area contributed by atoms with E-state index in [1.807, 2.05) is 60.7 Å². The van der Waals surface area contributed by atoms with E-state index in [-0.39, 0.29) is 0 Å². The zero-order valence-electron chi connectivity index (χ0n) is 15.9. The Bertz CT molecular complexity index is 905. The summed E-state index contributed by atoms with van der Waals surface area (Å²) in [6, 6.07) is 28.2. The molecule has 0 unspecified atom stereocenters. The van der Waals surface area contributed by atoms with Gasteiger partial charge in [-0.1, -0.05) is 90.8 Å². The molecule has 0 spiro atoms. The van der Waals surface area contributed by atoms with Crippen LogP contribution >= 0.6 is 0 Å². The van der Waals surface area contributed by atoms with Gasteiger partial charge in [0.1, 0.15) is 12.1 Å². The third-order valence-electron chi connectivity index (χ3n) is 4.63. The summed E-state index contributed by atoms with van der Waals surface area (Å²) >= 11 is 0. The van der Waals surface area contributed by atoms with Crippen LogP contribution < -0.4 is 4.90 Å². The maximum Gasteiger partial charge on any atom is 0.138 e. The number of quaternary nitrogens is 1. The minimum atomic E-state index is -1.12. The molecule has 136 valence electrons. The maximum absolute atomic E-state index is 11.6. The van der Waals surface area contributed by atoms with E-state index in [0.29, 0.717) is 6.42 Å². The lowest BCUT2D eigenvalue weighted by Gasteiger charge is -2.27. The molecule has 0 saturated carbocycles. The Kier molecular flexibility index (Phi) is 6.08. The lowest BCUT2D eigenvalue weighted by atomic mass is 9.83. The zero-order chi connectivity index (χ0) is 19.1. The molecule has 0 amide bonds. The third-order valence-corrected chi connectivity index (χ3v) is 4.63. The van der Waals surface area contributed by atoms with Crippen LogP contribution in [0.25, 0.3) is 11.1 Å². The number of nitrogens with one attached hydrogen (secondary N) is 1. The van der Waals surface area contributed by atoms with E-state index in [0.717, 1.165) is 23.2 Å². The summed E-state index contributed by atoms with van der Waals surface area (Å²) in [5, 5.41) is 11.6. The van der Waals surface area contributed by atoms with Crippen molar-refractivity contribution in [2.75, 3.05) is 20.6 Å². The monoisotopic (exact) mass is 356 g/mol. The second-order valence-corrected chi connectivity index (χ2v) is 7.08. The van der Waals surface area contributed by atoms with Gasteiger partial charge in [-0.3, -0.25) is 0 Å². The summed E-state index contributed by atoms with van der Waals surface area (Å²) in [6.07, 6.45) is 0.370. The summed E-state index contributed by atoms with van der Waals surface area (Å²) in [7, 11) is 4.14. The van der Waals surface area contributed by atoms with Crippen LogP contribution in [0.15, 0.2) is 84.9 Å². The topological polar surface area (TPSA) is 24.7 Å². The molecule has 3 rings (SSSR count). The largest absolute Gasteiger partial charge is 0.379 e. The van der Waals surface area contributed by atoms with Crippen LogP contribution in [0.1, 0.15) is 17.5 Å². The summed E-state index contributed by atoms with van der Waals surface area (Å²) in [4.78, 5) is 1.28. The molecule has 2 heteroatoms. The molecule has 27 heavy (non-hydrogen) atoms. The van der Waals surface area contributed by atoms with Gasteiger partial charge < -0.3 is 10.0 Å². The summed E-state index contributed by atoms with van der Waals surface area (Å²) in [5.41, 5.74) is 2.91. The van der Waals surface area contributed by atoms with Crippen LogP contribution in [0.5, 0.6) is 0 Å². The lowest BCUT2D eigenvalue weighted by molar-refractivity contribution is -0.850. The minimum absolute atomic E-state index is 0.370. The first kappa shape index (κ1) is 18.9. The fourth-order valence-corrected chi connectivity index (χ4v) is 3.08. The predicted octanol–water partition coefficient (Wildman–Crippen LogP) is 3.13. The van der Waals surface area contributed by atoms with Gasteiger partial charge in [-0.2, -0.15) is 0 Å². The van der Waals surface area contributed by atoms with E-state index in [9.17, 15) is 5.11 Å². The molecule has 3 aromatic rings. The van der Waals surface area contributed by atoms with Gasteiger partial charge in [0.25, 0.3) is 0 Å². The van der Waals surface area contributed by atoms with Crippen molar-refractivity contribution in [3.05, 3.63) is 96.1 Å². The average Bonchev–Trinajstić information content (AvgIpc) is 2.72. The number of benzene rings is 3. The van der Waals surface area contributed by atoms with Gasteiger partial charge in [0, 0.05) is 6.42 Å². The Hall–Kier alpha value is -2.86. The summed E-state index contributed by atoms with van der Waals surface area (Å²) in [6.45, 7) is 0.762. The third kappa shape index (κ3) is 4.65. The maximum atomic E-state index is 11.6. The predicted molar refractivity (Wildman–Crippen MR) is 111 cm³/mol. The first-order chi connectivity index (χ1) is 13.1. The molecule has 0 heterocycles. The van der Waals surface area contributed by atoms with E-state index in [1.54, 1.807) is 0 Å². The van der Waals surface area contributed by atoms with E-state index >= 15 is 0 Å². The highest BCUT2D eigenvalue weighted by Gasteiger charge is 2.30. The van der Waals surface area contributed by atoms with Gasteiger partial charge in [-0.15, -0.1) is 0 Å². The van der Waals surface area contributed by atoms with Crippen molar-refractivity contribution >= 4 is 0 Å². The molecule has 3 aromatic carbocycles. The number of rotatable bonds is 5. The Labute approximate surface area is 162 Å². The van der Waals surface area contributed by atoms with Crippen LogP contribution in [-0.4, -0.2) is 25.7 Å². The summed E-state index contributed by atoms with van der Waals surface area (Å²) < 4.78 is 0. The lowest BCUT2D eigenvalue weighted by Crippen LogP contribution is -3.05. The van der Waals surface area contributed by atoms with Crippen LogP contribution in [0.3, 0.4) is 0 Å². The van der Waals surface area contributed by atoms with Crippen molar-refractivity contribution in [3.8, 4) is 23.0 Å². The summed E-state index contributed by atoms with van der Waals surface area (Å²) in [5.74, 6) is 6.35. The molecule has 0 aliphatic rings. The Morgan fingerprint density at radius 3 is 1.81 bits per heavy atom. The second-order valence-electron chi connectivity index (χ2n) is 7.08. The molecular formula is C25H26NO+.